The van der Waals surface area contributed by atoms with E-state index in [0.29, 0.717) is 6.42 Å². The minimum Gasteiger partial charge on any atom is -0.278 e. The van der Waals surface area contributed by atoms with Crippen LogP contribution in [-0.4, -0.2) is 24.0 Å². The third kappa shape index (κ3) is 2.79. The van der Waals surface area contributed by atoms with E-state index >= 15 is 0 Å². The minimum absolute atomic E-state index is 0.199. The molecule has 1 fully saturated rings. The second kappa shape index (κ2) is 4.77. The molecule has 15 heavy (non-hydrogen) atoms. The van der Waals surface area contributed by atoms with Crippen molar-refractivity contribution in [3.63, 3.8) is 0 Å². The number of amides is 1. The first kappa shape index (κ1) is 10.6. The van der Waals surface area contributed by atoms with Gasteiger partial charge in [0.05, 0.1) is 0 Å². The Morgan fingerprint density at radius 3 is 3.00 bits per heavy atom. The van der Waals surface area contributed by atoms with Crippen LogP contribution in [-0.2, 0) is 11.2 Å². The van der Waals surface area contributed by atoms with E-state index in [-0.39, 0.29) is 5.91 Å². The molecule has 1 aliphatic rings. The van der Waals surface area contributed by atoms with Gasteiger partial charge >= 0.3 is 0 Å². The predicted octanol–water partition coefficient (Wildman–Crippen LogP) is 1.73. The fraction of sp³-hybridized carbons (Fsp3) is 0.364. The van der Waals surface area contributed by atoms with Crippen molar-refractivity contribution in [2.24, 2.45) is 0 Å². The van der Waals surface area contributed by atoms with Gasteiger partial charge in [0.1, 0.15) is 0 Å². The van der Waals surface area contributed by atoms with Crippen molar-refractivity contribution in [1.82, 2.24) is 10.4 Å². The SMILES string of the molecule is O=C1CCNN1CCc1cccc(Br)c1. The fourth-order valence-electron chi connectivity index (χ4n) is 1.66. The van der Waals surface area contributed by atoms with Crippen molar-refractivity contribution in [3.8, 4) is 0 Å². The number of nitrogens with zero attached hydrogens (tertiary/aromatic N) is 1. The zero-order valence-electron chi connectivity index (χ0n) is 8.37. The van der Waals surface area contributed by atoms with Crippen LogP contribution in [0.1, 0.15) is 12.0 Å². The molecule has 1 aliphatic heterocycles. The third-order valence-electron chi connectivity index (χ3n) is 2.46. The van der Waals surface area contributed by atoms with Gasteiger partial charge in [0, 0.05) is 24.0 Å². The quantitative estimate of drug-likeness (QED) is 0.906. The maximum absolute atomic E-state index is 11.3. The molecular weight excluding hydrogens is 256 g/mol. The Hall–Kier alpha value is -0.870. The van der Waals surface area contributed by atoms with Crippen molar-refractivity contribution in [2.45, 2.75) is 12.8 Å². The van der Waals surface area contributed by atoms with Crippen molar-refractivity contribution >= 4 is 21.8 Å². The van der Waals surface area contributed by atoms with E-state index in [0.717, 1.165) is 24.0 Å². The van der Waals surface area contributed by atoms with E-state index in [1.165, 1.54) is 5.56 Å². The smallest absolute Gasteiger partial charge is 0.238 e. The largest absolute Gasteiger partial charge is 0.278 e. The first-order chi connectivity index (χ1) is 7.25. The van der Waals surface area contributed by atoms with E-state index in [4.69, 9.17) is 0 Å². The zero-order valence-corrected chi connectivity index (χ0v) is 9.96. The Morgan fingerprint density at radius 2 is 2.33 bits per heavy atom. The van der Waals surface area contributed by atoms with Crippen LogP contribution in [0.25, 0.3) is 0 Å². The van der Waals surface area contributed by atoms with Gasteiger partial charge in [0.25, 0.3) is 0 Å². The molecule has 4 heteroatoms. The molecule has 0 aliphatic carbocycles. The highest BCUT2D eigenvalue weighted by Gasteiger charge is 2.18. The molecule has 1 saturated heterocycles. The lowest BCUT2D eigenvalue weighted by atomic mass is 10.1. The summed E-state index contributed by atoms with van der Waals surface area (Å²) >= 11 is 3.43. The molecule has 1 aromatic rings. The van der Waals surface area contributed by atoms with E-state index in [2.05, 4.69) is 33.5 Å². The van der Waals surface area contributed by atoms with Crippen LogP contribution < -0.4 is 5.43 Å². The van der Waals surface area contributed by atoms with Crippen LogP contribution in [0.4, 0.5) is 0 Å². The lowest BCUT2D eigenvalue weighted by molar-refractivity contribution is -0.129. The second-order valence-electron chi connectivity index (χ2n) is 3.58. The summed E-state index contributed by atoms with van der Waals surface area (Å²) in [5.74, 6) is 0.199. The van der Waals surface area contributed by atoms with E-state index in [1.54, 1.807) is 5.01 Å². The molecule has 2 rings (SSSR count). The van der Waals surface area contributed by atoms with E-state index in [9.17, 15) is 4.79 Å². The molecule has 0 aromatic heterocycles. The summed E-state index contributed by atoms with van der Waals surface area (Å²) in [5.41, 5.74) is 4.30. The second-order valence-corrected chi connectivity index (χ2v) is 4.50. The average molecular weight is 269 g/mol. The summed E-state index contributed by atoms with van der Waals surface area (Å²) in [5, 5.41) is 1.71. The highest BCUT2D eigenvalue weighted by atomic mass is 79.9. The summed E-state index contributed by atoms with van der Waals surface area (Å²) in [7, 11) is 0. The molecule has 0 spiro atoms. The van der Waals surface area contributed by atoms with Crippen molar-refractivity contribution in [3.05, 3.63) is 34.3 Å². The van der Waals surface area contributed by atoms with Crippen LogP contribution in [0.15, 0.2) is 28.7 Å². The number of rotatable bonds is 3. The molecule has 0 radical (unpaired) electrons. The molecule has 3 nitrogen and oxygen atoms in total. The molecule has 80 valence electrons. The Bertz CT molecular complexity index is 367. The van der Waals surface area contributed by atoms with Gasteiger partial charge in [-0.15, -0.1) is 0 Å². The summed E-state index contributed by atoms with van der Waals surface area (Å²) in [6.45, 7) is 1.52. The van der Waals surface area contributed by atoms with Gasteiger partial charge in [-0.3, -0.25) is 9.80 Å². The topological polar surface area (TPSA) is 32.3 Å². The summed E-state index contributed by atoms with van der Waals surface area (Å²) < 4.78 is 1.08. The molecule has 0 saturated carbocycles. The number of nitrogens with one attached hydrogen (secondary N) is 1. The summed E-state index contributed by atoms with van der Waals surface area (Å²) in [6.07, 6.45) is 1.51. The standard InChI is InChI=1S/C11H13BrN2O/c12-10-3-1-2-9(8-10)5-7-14-11(15)4-6-13-14/h1-3,8,13H,4-7H2. The normalized spacial score (nSPS) is 16.1. The zero-order chi connectivity index (χ0) is 10.7. The van der Waals surface area contributed by atoms with Crippen LogP contribution in [0, 0.1) is 0 Å². The first-order valence-corrected chi connectivity index (χ1v) is 5.83. The fourth-order valence-corrected chi connectivity index (χ4v) is 2.10. The van der Waals surface area contributed by atoms with Gasteiger partial charge in [0.2, 0.25) is 5.91 Å². The average Bonchev–Trinajstić information content (AvgIpc) is 2.61. The summed E-state index contributed by atoms with van der Waals surface area (Å²) in [4.78, 5) is 11.3. The van der Waals surface area contributed by atoms with Crippen LogP contribution in [0.3, 0.4) is 0 Å². The highest BCUT2D eigenvalue weighted by molar-refractivity contribution is 9.10. The van der Waals surface area contributed by atoms with Crippen LogP contribution in [0.5, 0.6) is 0 Å². The van der Waals surface area contributed by atoms with Crippen LogP contribution >= 0.6 is 15.9 Å². The molecule has 0 bridgehead atoms. The maximum Gasteiger partial charge on any atom is 0.238 e. The predicted molar refractivity (Wildman–Crippen MR) is 62.2 cm³/mol. The monoisotopic (exact) mass is 268 g/mol. The maximum atomic E-state index is 11.3. The Morgan fingerprint density at radius 1 is 1.47 bits per heavy atom. The lowest BCUT2D eigenvalue weighted by Gasteiger charge is -2.15. The number of hydrogen-bond donors (Lipinski definition) is 1. The van der Waals surface area contributed by atoms with E-state index < -0.39 is 0 Å². The van der Waals surface area contributed by atoms with Gasteiger partial charge in [0.15, 0.2) is 0 Å². The number of carbonyl (C=O) groups is 1. The molecule has 1 amide bonds. The van der Waals surface area contributed by atoms with Gasteiger partial charge in [-0.2, -0.15) is 0 Å². The van der Waals surface area contributed by atoms with Gasteiger partial charge in [-0.1, -0.05) is 28.1 Å². The molecule has 1 heterocycles. The third-order valence-corrected chi connectivity index (χ3v) is 2.95. The molecule has 1 aromatic carbocycles. The number of hydrazine groups is 1. The Balaban J connectivity index is 1.90. The van der Waals surface area contributed by atoms with Crippen molar-refractivity contribution < 1.29 is 4.79 Å². The molecule has 0 atom stereocenters. The van der Waals surface area contributed by atoms with E-state index in [1.807, 2.05) is 12.1 Å². The van der Waals surface area contributed by atoms with Crippen molar-refractivity contribution in [2.75, 3.05) is 13.1 Å². The molecule has 1 N–H and O–H groups in total. The first-order valence-electron chi connectivity index (χ1n) is 5.04. The number of benzene rings is 1. The Labute approximate surface area is 97.6 Å². The number of halogens is 1. The van der Waals surface area contributed by atoms with Gasteiger partial charge < -0.3 is 0 Å². The summed E-state index contributed by atoms with van der Waals surface area (Å²) in [6, 6.07) is 8.17. The van der Waals surface area contributed by atoms with Crippen LogP contribution in [0.2, 0.25) is 0 Å². The molecular formula is C11H13BrN2O. The lowest BCUT2D eigenvalue weighted by Crippen LogP contribution is -2.35. The highest BCUT2D eigenvalue weighted by Crippen LogP contribution is 2.12. The van der Waals surface area contributed by atoms with Gasteiger partial charge in [-0.05, 0) is 24.1 Å². The number of carbonyl (C=O) groups excluding carboxylic acids is 1. The van der Waals surface area contributed by atoms with Crippen molar-refractivity contribution in [1.29, 1.82) is 0 Å². The molecule has 0 unspecified atom stereocenters. The number of hydrogen-bond acceptors (Lipinski definition) is 2. The van der Waals surface area contributed by atoms with Gasteiger partial charge in [-0.25, -0.2) is 5.43 Å². The minimum atomic E-state index is 0.199. The Kier molecular flexibility index (Phi) is 3.38.